The molecular weight excluding hydrogens is 598 g/mol. The largest absolute Gasteiger partial charge is 0.489 e. The molecule has 0 spiro atoms. The van der Waals surface area contributed by atoms with Crippen molar-refractivity contribution in [3.63, 3.8) is 0 Å². The third kappa shape index (κ3) is 8.03. The van der Waals surface area contributed by atoms with Crippen molar-refractivity contribution in [3.8, 4) is 17.2 Å². The Morgan fingerprint density at radius 2 is 1.43 bits per heavy atom. The highest BCUT2D eigenvalue weighted by atomic mass is 35.5. The minimum atomic E-state index is -4.16. The molecule has 0 radical (unpaired) electrons. The maximum atomic E-state index is 13.6. The lowest BCUT2D eigenvalue weighted by molar-refractivity contribution is -0.117. The highest BCUT2D eigenvalue weighted by Crippen LogP contribution is 2.30. The zero-order valence-electron chi connectivity index (χ0n) is 23.5. The first-order chi connectivity index (χ1) is 21.3. The van der Waals surface area contributed by atoms with E-state index in [9.17, 15) is 13.2 Å². The summed E-state index contributed by atoms with van der Waals surface area (Å²) in [4.78, 5) is 13.5. The molecule has 0 unspecified atom stereocenters. The quantitative estimate of drug-likeness (QED) is 0.139. The van der Waals surface area contributed by atoms with E-state index in [2.05, 4.69) is 10.0 Å². The molecule has 0 aliphatic heterocycles. The lowest BCUT2D eigenvalue weighted by atomic mass is 10.1. The van der Waals surface area contributed by atoms with Crippen molar-refractivity contribution in [2.75, 3.05) is 5.32 Å². The van der Waals surface area contributed by atoms with Gasteiger partial charge in [-0.2, -0.15) is 4.72 Å². The van der Waals surface area contributed by atoms with Crippen molar-refractivity contribution < 1.29 is 22.7 Å². The molecule has 0 aromatic heterocycles. The second kappa shape index (κ2) is 14.2. The van der Waals surface area contributed by atoms with Crippen LogP contribution in [0.2, 0.25) is 5.02 Å². The Morgan fingerprint density at radius 1 is 0.773 bits per heavy atom. The monoisotopic (exact) mass is 627 g/mol. The number of amides is 1. The number of hydrogen-bond acceptors (Lipinski definition) is 6. The van der Waals surface area contributed by atoms with Crippen molar-refractivity contribution in [3.05, 3.63) is 149 Å². The summed E-state index contributed by atoms with van der Waals surface area (Å²) in [6.07, 6.45) is 0. The smallest absolute Gasteiger partial charge is 0.247 e. The molecule has 5 aromatic rings. The number of hydrogen-bond donors (Lipinski definition) is 3. The van der Waals surface area contributed by atoms with Crippen LogP contribution < -0.4 is 25.2 Å². The van der Waals surface area contributed by atoms with Crippen molar-refractivity contribution in [1.29, 1.82) is 0 Å². The second-order valence-electron chi connectivity index (χ2n) is 9.80. The molecule has 0 aliphatic carbocycles. The van der Waals surface area contributed by atoms with Crippen molar-refractivity contribution in [1.82, 2.24) is 4.72 Å². The minimum absolute atomic E-state index is 0.0465. The lowest BCUT2D eigenvalue weighted by Gasteiger charge is -2.20. The molecule has 0 bridgehead atoms. The fourth-order valence-electron chi connectivity index (χ4n) is 4.33. The molecule has 5 aromatic carbocycles. The van der Waals surface area contributed by atoms with Gasteiger partial charge in [0, 0.05) is 12.2 Å². The number of sulfonamides is 1. The van der Waals surface area contributed by atoms with E-state index in [1.54, 1.807) is 66.7 Å². The number of para-hydroxylation sites is 1. The van der Waals surface area contributed by atoms with Crippen LogP contribution in [0.25, 0.3) is 0 Å². The molecule has 0 fully saturated rings. The van der Waals surface area contributed by atoms with Gasteiger partial charge in [0.25, 0.3) is 0 Å². The number of ether oxygens (including phenoxy) is 2. The Balaban J connectivity index is 1.36. The van der Waals surface area contributed by atoms with Gasteiger partial charge in [0.05, 0.1) is 9.92 Å². The van der Waals surface area contributed by atoms with Crippen LogP contribution >= 0.6 is 11.6 Å². The van der Waals surface area contributed by atoms with Gasteiger partial charge in [0.2, 0.25) is 15.9 Å². The summed E-state index contributed by atoms with van der Waals surface area (Å²) >= 11 is 6.17. The van der Waals surface area contributed by atoms with Gasteiger partial charge in [-0.25, -0.2) is 8.42 Å². The fourth-order valence-corrected chi connectivity index (χ4v) is 5.68. The molecule has 44 heavy (non-hydrogen) atoms. The average Bonchev–Trinajstić information content (AvgIpc) is 3.05. The van der Waals surface area contributed by atoms with Gasteiger partial charge in [-0.15, -0.1) is 0 Å². The molecule has 10 heteroatoms. The molecule has 1 atom stereocenters. The van der Waals surface area contributed by atoms with Crippen molar-refractivity contribution in [2.24, 2.45) is 5.73 Å². The van der Waals surface area contributed by atoms with E-state index in [0.717, 1.165) is 11.1 Å². The van der Waals surface area contributed by atoms with Crippen molar-refractivity contribution >= 4 is 33.2 Å². The van der Waals surface area contributed by atoms with E-state index < -0.39 is 22.0 Å². The molecule has 5 rings (SSSR count). The third-order valence-electron chi connectivity index (χ3n) is 6.63. The van der Waals surface area contributed by atoms with Crippen LogP contribution in [0, 0.1) is 0 Å². The highest BCUT2D eigenvalue weighted by molar-refractivity contribution is 7.89. The zero-order chi connectivity index (χ0) is 30.9. The first-order valence-corrected chi connectivity index (χ1v) is 15.6. The van der Waals surface area contributed by atoms with Crippen LogP contribution in [-0.2, 0) is 28.0 Å². The first kappa shape index (κ1) is 30.8. The van der Waals surface area contributed by atoms with Crippen LogP contribution in [0.1, 0.15) is 22.7 Å². The summed E-state index contributed by atoms with van der Waals surface area (Å²) in [5.41, 5.74) is 8.49. The predicted octanol–water partition coefficient (Wildman–Crippen LogP) is 6.83. The molecule has 224 valence electrons. The Kier molecular flexibility index (Phi) is 9.93. The number of nitrogens with one attached hydrogen (secondary N) is 2. The summed E-state index contributed by atoms with van der Waals surface area (Å²) < 4.78 is 41.3. The number of anilines is 1. The van der Waals surface area contributed by atoms with Gasteiger partial charge in [0.1, 0.15) is 29.9 Å². The van der Waals surface area contributed by atoms with Crippen LogP contribution in [0.15, 0.2) is 132 Å². The number of rotatable bonds is 12. The van der Waals surface area contributed by atoms with Crippen LogP contribution in [0.4, 0.5) is 5.69 Å². The second-order valence-corrected chi connectivity index (χ2v) is 11.9. The van der Waals surface area contributed by atoms with Crippen LogP contribution in [0.3, 0.4) is 0 Å². The minimum Gasteiger partial charge on any atom is -0.489 e. The number of carbonyl (C=O) groups excluding carboxylic acids is 1. The topological polar surface area (TPSA) is 120 Å². The standard InChI is InChI=1S/C34H30ClN3O5S/c35-31-11-4-5-12-32(31)43-29-17-19-30(20-18-29)44(40,41)38-33(34(39)37-27-10-6-9-25(21-27)22-36)26-13-15-28(16-14-26)42-23-24-7-2-1-3-8-24/h1-21,33,38H,22-23,36H2,(H,37,39)/t33-/m1/s1. The van der Waals surface area contributed by atoms with E-state index >= 15 is 0 Å². The molecule has 0 saturated carbocycles. The number of benzene rings is 5. The summed E-state index contributed by atoms with van der Waals surface area (Å²) in [6.45, 7) is 0.658. The van der Waals surface area contributed by atoms with Gasteiger partial charge in [-0.3, -0.25) is 4.79 Å². The molecule has 4 N–H and O–H groups in total. The van der Waals surface area contributed by atoms with Crippen molar-refractivity contribution in [2.45, 2.75) is 24.1 Å². The highest BCUT2D eigenvalue weighted by Gasteiger charge is 2.28. The van der Waals surface area contributed by atoms with Gasteiger partial charge < -0.3 is 20.5 Å². The maximum Gasteiger partial charge on any atom is 0.247 e. The van der Waals surface area contributed by atoms with E-state index in [1.807, 2.05) is 36.4 Å². The Labute approximate surface area is 261 Å². The summed E-state index contributed by atoms with van der Waals surface area (Å²) in [5.74, 6) is 0.843. The van der Waals surface area contributed by atoms with Gasteiger partial charge in [0.15, 0.2) is 0 Å². The predicted molar refractivity (Wildman–Crippen MR) is 171 cm³/mol. The Bertz CT molecular complexity index is 1820. The molecule has 0 saturated heterocycles. The first-order valence-electron chi connectivity index (χ1n) is 13.7. The van der Waals surface area contributed by atoms with Gasteiger partial charge >= 0.3 is 0 Å². The molecule has 0 heterocycles. The summed E-state index contributed by atoms with van der Waals surface area (Å²) in [7, 11) is -4.16. The molecule has 0 aliphatic rings. The van der Waals surface area contributed by atoms with Crippen LogP contribution in [0.5, 0.6) is 17.2 Å². The van der Waals surface area contributed by atoms with Gasteiger partial charge in [-0.05, 0) is 77.4 Å². The normalized spacial score (nSPS) is 11.9. The lowest BCUT2D eigenvalue weighted by Crippen LogP contribution is -2.37. The average molecular weight is 628 g/mol. The number of carbonyl (C=O) groups is 1. The SMILES string of the molecule is NCc1cccc(NC(=O)[C@H](NS(=O)(=O)c2ccc(Oc3ccccc3Cl)cc2)c2ccc(OCc3ccccc3)cc2)c1. The number of halogens is 1. The van der Waals surface area contributed by atoms with Crippen LogP contribution in [-0.4, -0.2) is 14.3 Å². The van der Waals surface area contributed by atoms with E-state index in [0.29, 0.717) is 46.7 Å². The number of nitrogens with two attached hydrogens (primary N) is 1. The van der Waals surface area contributed by atoms with Gasteiger partial charge in [-0.1, -0.05) is 78.3 Å². The Morgan fingerprint density at radius 3 is 2.14 bits per heavy atom. The maximum absolute atomic E-state index is 13.6. The molecular formula is C34H30ClN3O5S. The van der Waals surface area contributed by atoms with E-state index in [1.165, 1.54) is 24.3 Å². The third-order valence-corrected chi connectivity index (χ3v) is 8.38. The van der Waals surface area contributed by atoms with E-state index in [4.69, 9.17) is 26.8 Å². The summed E-state index contributed by atoms with van der Waals surface area (Å²) in [6, 6.07) is 35.0. The summed E-state index contributed by atoms with van der Waals surface area (Å²) in [5, 5.41) is 3.23. The van der Waals surface area contributed by atoms with E-state index in [-0.39, 0.29) is 4.90 Å². The molecule has 8 nitrogen and oxygen atoms in total. The zero-order valence-corrected chi connectivity index (χ0v) is 25.1. The Hall–Kier alpha value is -4.67. The molecule has 1 amide bonds. The fraction of sp³-hybridized carbons (Fsp3) is 0.0882.